The number of anilines is 1. The highest BCUT2D eigenvalue weighted by molar-refractivity contribution is 7.99. The summed E-state index contributed by atoms with van der Waals surface area (Å²) in [7, 11) is 0. The van der Waals surface area contributed by atoms with Gasteiger partial charge in [-0.1, -0.05) is 18.2 Å². The number of imidazole rings is 1. The largest absolute Gasteiger partial charge is 0.369 e. The predicted molar refractivity (Wildman–Crippen MR) is 89.6 cm³/mol. The molecule has 108 valence electrons. The summed E-state index contributed by atoms with van der Waals surface area (Å²) in [6, 6.07) is 8.68. The van der Waals surface area contributed by atoms with Crippen LogP contribution in [0.2, 0.25) is 0 Å². The molecule has 2 unspecified atom stereocenters. The fourth-order valence-corrected chi connectivity index (χ4v) is 4.27. The Morgan fingerprint density at radius 3 is 2.90 bits per heavy atom. The fourth-order valence-electron chi connectivity index (χ4n) is 3.48. The Kier molecular flexibility index (Phi) is 3.03. The molecule has 0 spiro atoms. The number of nitrogens with zero attached hydrogens (tertiary/aromatic N) is 3. The van der Waals surface area contributed by atoms with Crippen molar-refractivity contribution in [2.45, 2.75) is 30.6 Å². The number of benzene rings is 1. The van der Waals surface area contributed by atoms with Gasteiger partial charge in [0.1, 0.15) is 5.52 Å². The van der Waals surface area contributed by atoms with Gasteiger partial charge in [-0.25, -0.2) is 4.98 Å². The Morgan fingerprint density at radius 2 is 2.10 bits per heavy atom. The van der Waals surface area contributed by atoms with Crippen LogP contribution in [0.3, 0.4) is 0 Å². The quantitative estimate of drug-likeness (QED) is 0.785. The van der Waals surface area contributed by atoms with Crippen LogP contribution < -0.4 is 5.73 Å². The number of nitrogen functional groups attached to an aromatic ring is 1. The van der Waals surface area contributed by atoms with Crippen molar-refractivity contribution in [2.75, 3.05) is 12.0 Å². The molecule has 0 amide bonds. The number of thioether (sulfide) groups is 1. The highest BCUT2D eigenvalue weighted by atomic mass is 32.2. The molecule has 1 fully saturated rings. The minimum Gasteiger partial charge on any atom is -0.369 e. The lowest BCUT2D eigenvalue weighted by molar-refractivity contribution is 0.541. The number of para-hydroxylation sites is 1. The summed E-state index contributed by atoms with van der Waals surface area (Å²) in [6.45, 7) is 0. The number of pyridine rings is 1. The van der Waals surface area contributed by atoms with E-state index in [9.17, 15) is 0 Å². The average molecular weight is 298 g/mol. The molecule has 4 nitrogen and oxygen atoms in total. The molecule has 0 bridgehead atoms. The molecule has 1 saturated carbocycles. The molecule has 2 atom stereocenters. The lowest BCUT2D eigenvalue weighted by atomic mass is 10.1. The monoisotopic (exact) mass is 298 g/mol. The first-order valence-corrected chi connectivity index (χ1v) is 8.60. The Hall–Kier alpha value is -1.75. The van der Waals surface area contributed by atoms with Gasteiger partial charge in [-0.3, -0.25) is 4.98 Å². The first-order chi connectivity index (χ1) is 10.3. The first kappa shape index (κ1) is 13.0. The van der Waals surface area contributed by atoms with E-state index in [0.29, 0.717) is 12.0 Å². The van der Waals surface area contributed by atoms with E-state index in [-0.39, 0.29) is 0 Å². The lowest BCUT2D eigenvalue weighted by Gasteiger charge is -2.16. The van der Waals surface area contributed by atoms with E-state index in [2.05, 4.69) is 32.9 Å². The van der Waals surface area contributed by atoms with Gasteiger partial charge < -0.3 is 10.3 Å². The molecule has 4 rings (SSSR count). The number of hydrogen-bond donors (Lipinski definition) is 1. The zero-order chi connectivity index (χ0) is 14.4. The number of rotatable bonds is 2. The summed E-state index contributed by atoms with van der Waals surface area (Å²) in [5.74, 6) is 0.620. The third kappa shape index (κ3) is 1.99. The van der Waals surface area contributed by atoms with E-state index in [4.69, 9.17) is 5.73 Å². The van der Waals surface area contributed by atoms with Crippen molar-refractivity contribution in [3.8, 4) is 0 Å². The maximum atomic E-state index is 6.23. The smallest absolute Gasteiger partial charge is 0.201 e. The zero-order valence-corrected chi connectivity index (χ0v) is 12.8. The van der Waals surface area contributed by atoms with E-state index in [0.717, 1.165) is 27.2 Å². The number of aromatic nitrogens is 3. The first-order valence-electron chi connectivity index (χ1n) is 7.32. The van der Waals surface area contributed by atoms with Gasteiger partial charge in [0.15, 0.2) is 0 Å². The Morgan fingerprint density at radius 1 is 1.24 bits per heavy atom. The second-order valence-electron chi connectivity index (χ2n) is 5.67. The SMILES string of the molecule is CSC1CCC(n2c(N)nc3cnc4ccccc4c32)C1. The summed E-state index contributed by atoms with van der Waals surface area (Å²) >= 11 is 1.96. The Bertz CT molecular complexity index is 810. The van der Waals surface area contributed by atoms with Gasteiger partial charge in [0.05, 0.1) is 17.2 Å². The molecular formula is C16H18N4S. The van der Waals surface area contributed by atoms with Crippen LogP contribution in [-0.2, 0) is 0 Å². The molecule has 5 heteroatoms. The Balaban J connectivity index is 1.95. The molecule has 2 heterocycles. The van der Waals surface area contributed by atoms with Crippen LogP contribution in [0, 0.1) is 0 Å². The molecule has 1 aromatic carbocycles. The van der Waals surface area contributed by atoms with Crippen LogP contribution in [0.5, 0.6) is 0 Å². The molecule has 0 aliphatic heterocycles. The van der Waals surface area contributed by atoms with E-state index >= 15 is 0 Å². The third-order valence-electron chi connectivity index (χ3n) is 4.51. The van der Waals surface area contributed by atoms with Gasteiger partial charge in [0, 0.05) is 16.7 Å². The second kappa shape index (κ2) is 4.91. The number of hydrogen-bond acceptors (Lipinski definition) is 4. The van der Waals surface area contributed by atoms with Crippen LogP contribution in [0.4, 0.5) is 5.95 Å². The highest BCUT2D eigenvalue weighted by Crippen LogP contribution is 2.40. The van der Waals surface area contributed by atoms with Crippen molar-refractivity contribution in [2.24, 2.45) is 0 Å². The molecule has 3 aromatic rings. The molecular weight excluding hydrogens is 280 g/mol. The van der Waals surface area contributed by atoms with Gasteiger partial charge >= 0.3 is 0 Å². The normalized spacial score (nSPS) is 22.3. The molecule has 0 saturated heterocycles. The fraction of sp³-hybridized carbons (Fsp3) is 0.375. The van der Waals surface area contributed by atoms with Crippen LogP contribution in [-0.4, -0.2) is 26.0 Å². The molecule has 0 radical (unpaired) electrons. The molecule has 1 aliphatic rings. The van der Waals surface area contributed by atoms with Crippen LogP contribution in [0.25, 0.3) is 21.9 Å². The molecule has 2 aromatic heterocycles. The summed E-state index contributed by atoms with van der Waals surface area (Å²) in [6.07, 6.45) is 7.65. The van der Waals surface area contributed by atoms with E-state index in [1.165, 1.54) is 19.3 Å². The number of nitrogens with two attached hydrogens (primary N) is 1. The topological polar surface area (TPSA) is 56.7 Å². The summed E-state index contributed by atoms with van der Waals surface area (Å²) in [4.78, 5) is 9.02. The van der Waals surface area contributed by atoms with Gasteiger partial charge in [0.2, 0.25) is 5.95 Å². The summed E-state index contributed by atoms with van der Waals surface area (Å²) in [5, 5.41) is 1.88. The van der Waals surface area contributed by atoms with Crippen molar-refractivity contribution in [3.63, 3.8) is 0 Å². The van der Waals surface area contributed by atoms with Crippen molar-refractivity contribution < 1.29 is 0 Å². The van der Waals surface area contributed by atoms with E-state index in [1.54, 1.807) is 0 Å². The van der Waals surface area contributed by atoms with Crippen molar-refractivity contribution in [3.05, 3.63) is 30.5 Å². The Labute approximate surface area is 127 Å². The number of fused-ring (bicyclic) bond motifs is 3. The van der Waals surface area contributed by atoms with Gasteiger partial charge in [-0.15, -0.1) is 0 Å². The van der Waals surface area contributed by atoms with E-state index in [1.807, 2.05) is 30.1 Å². The molecule has 1 aliphatic carbocycles. The molecule has 21 heavy (non-hydrogen) atoms. The lowest BCUT2D eigenvalue weighted by Crippen LogP contribution is -2.10. The minimum atomic E-state index is 0.457. The van der Waals surface area contributed by atoms with Crippen molar-refractivity contribution in [1.29, 1.82) is 0 Å². The summed E-state index contributed by atoms with van der Waals surface area (Å²) in [5.41, 5.74) is 9.28. The van der Waals surface area contributed by atoms with Crippen LogP contribution >= 0.6 is 11.8 Å². The standard InChI is InChI=1S/C16H18N4S/c1-21-11-7-6-10(8-11)20-15-12-4-2-3-5-13(12)18-9-14(15)19-16(20)17/h2-5,9-11H,6-8H2,1H3,(H2,17,19). The zero-order valence-electron chi connectivity index (χ0n) is 12.0. The van der Waals surface area contributed by atoms with Gasteiger partial charge in [0.25, 0.3) is 0 Å². The maximum Gasteiger partial charge on any atom is 0.201 e. The summed E-state index contributed by atoms with van der Waals surface area (Å²) < 4.78 is 2.25. The van der Waals surface area contributed by atoms with Gasteiger partial charge in [-0.05, 0) is 31.6 Å². The minimum absolute atomic E-state index is 0.457. The van der Waals surface area contributed by atoms with Crippen LogP contribution in [0.15, 0.2) is 30.5 Å². The highest BCUT2D eigenvalue weighted by Gasteiger charge is 2.28. The van der Waals surface area contributed by atoms with E-state index < -0.39 is 0 Å². The second-order valence-corrected chi connectivity index (χ2v) is 6.81. The maximum absolute atomic E-state index is 6.23. The third-order valence-corrected chi connectivity index (χ3v) is 5.60. The molecule has 2 N–H and O–H groups in total. The average Bonchev–Trinajstić information content (AvgIpc) is 3.10. The van der Waals surface area contributed by atoms with Gasteiger partial charge in [-0.2, -0.15) is 11.8 Å². The predicted octanol–water partition coefficient (Wildman–Crippen LogP) is 3.62. The van der Waals surface area contributed by atoms with Crippen molar-refractivity contribution >= 4 is 39.6 Å². The van der Waals surface area contributed by atoms with Crippen LogP contribution in [0.1, 0.15) is 25.3 Å². The van der Waals surface area contributed by atoms with Crippen molar-refractivity contribution in [1.82, 2.24) is 14.5 Å².